The first-order valence-corrected chi connectivity index (χ1v) is 18.2. The maximum atomic E-state index is 14.8. The van der Waals surface area contributed by atoms with Gasteiger partial charge < -0.3 is 137 Å². The standard InChI is InChI=1S/C32H44O32/c1-18-5-10(34)13(35)14(36)15(18)20(39,40)4-7-8-3-11-21(19(8,2)6-9(33)12(7)18,16(37)23(42,43)63-17(38)22(41,30(55,56)57)31(58,59)60)64-32(61,62-11)24(44)25(45,46)27(49,50)29(53,54)28(51,52)26(24,47)48/h7-9,11-12,15,33,39-61H,3-6H2,1-2H3. The molecule has 1 saturated heterocycles. The van der Waals surface area contributed by atoms with Gasteiger partial charge in [0, 0.05) is 18.3 Å². The molecule has 10 atom stereocenters. The van der Waals surface area contributed by atoms with E-state index < -0.39 is 177 Å². The minimum Gasteiger partial charge on any atom is -0.399 e. The van der Waals surface area contributed by atoms with Gasteiger partial charge in [0.15, 0.2) is 11.4 Å². The van der Waals surface area contributed by atoms with Gasteiger partial charge in [-0.15, -0.1) is 0 Å². The third kappa shape index (κ3) is 5.30. The van der Waals surface area contributed by atoms with Crippen molar-refractivity contribution in [3.63, 3.8) is 0 Å². The zero-order valence-electron chi connectivity index (χ0n) is 32.3. The Morgan fingerprint density at radius 3 is 1.59 bits per heavy atom. The lowest BCUT2D eigenvalue weighted by Gasteiger charge is -2.65. The molecule has 32 heteroatoms. The van der Waals surface area contributed by atoms with Crippen LogP contribution in [0.15, 0.2) is 0 Å². The lowest BCUT2D eigenvalue weighted by atomic mass is 9.42. The molecule has 0 bridgehead atoms. The fourth-order valence-electron chi connectivity index (χ4n) is 11.4. The molecule has 6 rings (SSSR count). The fraction of sp³-hybridized carbons (Fsp3) is 0.844. The zero-order chi connectivity index (χ0) is 49.8. The van der Waals surface area contributed by atoms with Crippen LogP contribution in [0.4, 0.5) is 0 Å². The maximum Gasteiger partial charge on any atom is 0.391 e. The topological polar surface area (TPSA) is 599 Å². The van der Waals surface area contributed by atoms with Crippen LogP contribution in [0.2, 0.25) is 0 Å². The largest absolute Gasteiger partial charge is 0.399 e. The summed E-state index contributed by atoms with van der Waals surface area (Å²) in [5.74, 6) is -71.2. The van der Waals surface area contributed by atoms with Gasteiger partial charge in [-0.1, -0.05) is 13.8 Å². The van der Waals surface area contributed by atoms with Gasteiger partial charge in [-0.2, -0.15) is 0 Å². The Labute approximate surface area is 351 Å². The smallest absolute Gasteiger partial charge is 0.391 e. The molecule has 5 aliphatic carbocycles. The van der Waals surface area contributed by atoms with Crippen LogP contribution in [0, 0.1) is 34.5 Å². The van der Waals surface area contributed by atoms with Crippen LogP contribution in [0.5, 0.6) is 0 Å². The van der Waals surface area contributed by atoms with Gasteiger partial charge in [0.25, 0.3) is 46.1 Å². The van der Waals surface area contributed by atoms with Crippen LogP contribution >= 0.6 is 0 Å². The quantitative estimate of drug-likeness (QED) is 0.0640. The summed E-state index contributed by atoms with van der Waals surface area (Å²) in [7, 11) is 0. The number of ketones is 4. The summed E-state index contributed by atoms with van der Waals surface area (Å²) in [4.78, 5) is 66.1. The van der Waals surface area contributed by atoms with E-state index >= 15 is 0 Å². The van der Waals surface area contributed by atoms with Gasteiger partial charge >= 0.3 is 35.5 Å². The highest BCUT2D eigenvalue weighted by molar-refractivity contribution is 6.65. The molecule has 64 heavy (non-hydrogen) atoms. The maximum absolute atomic E-state index is 14.8. The number of hydrogen-bond acceptors (Lipinski definition) is 32. The van der Waals surface area contributed by atoms with E-state index in [1.54, 1.807) is 0 Å². The minimum absolute atomic E-state index is 0.683. The van der Waals surface area contributed by atoms with Crippen LogP contribution in [-0.2, 0) is 38.2 Å². The second-order valence-corrected chi connectivity index (χ2v) is 17.9. The third-order valence-electron chi connectivity index (χ3n) is 14.5. The SMILES string of the molecule is CC12CC(=O)C(=O)C(=O)C1C(O)(O)CC1C2C(O)CC2(C)C1CC1OC(O)(C3(O)C(O)(O)C(O)(O)C(O)(O)C(O)(O)C3(O)O)OC12C(=O)C(O)(O)OC(=O)C(O)(C(O)(O)O)C(O)(O)O. The Kier molecular flexibility index (Phi) is 10.3. The number of aliphatic hydroxyl groups excluding tert-OH is 1. The Morgan fingerprint density at radius 2 is 1.14 bits per heavy atom. The molecule has 32 nitrogen and oxygen atoms in total. The molecule has 0 radical (unpaired) electrons. The molecular weight excluding hydrogens is 896 g/mol. The second kappa shape index (κ2) is 13.0. The predicted octanol–water partition coefficient (Wildman–Crippen LogP) is -15.5. The first-order valence-electron chi connectivity index (χ1n) is 18.2. The fourth-order valence-corrected chi connectivity index (χ4v) is 11.4. The molecule has 364 valence electrons. The average molecular weight is 941 g/mol. The van der Waals surface area contributed by atoms with Gasteiger partial charge in [-0.3, -0.25) is 19.2 Å². The number of rotatable bonds is 7. The molecule has 0 spiro atoms. The number of carbonyl (C=O) groups excluding carboxylic acids is 5. The lowest BCUT2D eigenvalue weighted by molar-refractivity contribution is -0.643. The number of hydrogen-bond donors (Lipinski definition) is 24. The average Bonchev–Trinajstić information content (AvgIpc) is 3.54. The normalized spacial score (nSPS) is 41.6. The molecular formula is C32H44O32. The highest BCUT2D eigenvalue weighted by Gasteiger charge is 2.98. The second-order valence-electron chi connectivity index (χ2n) is 17.9. The van der Waals surface area contributed by atoms with Crippen LogP contribution in [0.3, 0.4) is 0 Å². The third-order valence-corrected chi connectivity index (χ3v) is 14.5. The first-order chi connectivity index (χ1) is 28.1. The Bertz CT molecular complexity index is 2030. The van der Waals surface area contributed by atoms with Gasteiger partial charge in [0.2, 0.25) is 11.6 Å². The summed E-state index contributed by atoms with van der Waals surface area (Å²) in [6.07, 6.45) is -9.86. The molecule has 5 saturated carbocycles. The highest BCUT2D eigenvalue weighted by atomic mass is 16.9. The van der Waals surface area contributed by atoms with E-state index in [4.69, 9.17) is 9.47 Å². The summed E-state index contributed by atoms with van der Waals surface area (Å²) in [6.45, 7) is 1.74. The first kappa shape index (κ1) is 50.5. The van der Waals surface area contributed by atoms with Crippen molar-refractivity contribution in [2.75, 3.05) is 0 Å². The van der Waals surface area contributed by atoms with Crippen molar-refractivity contribution in [2.24, 2.45) is 34.5 Å². The number of aliphatic hydroxyl groups is 24. The molecule has 0 aromatic carbocycles. The molecule has 1 heterocycles. The van der Waals surface area contributed by atoms with Gasteiger partial charge in [-0.25, -0.2) is 4.79 Å². The molecule has 24 N–H and O–H groups in total. The van der Waals surface area contributed by atoms with E-state index in [1.165, 1.54) is 0 Å². The van der Waals surface area contributed by atoms with Crippen LogP contribution in [0.1, 0.15) is 39.5 Å². The lowest BCUT2D eigenvalue weighted by Crippen LogP contribution is -2.99. The van der Waals surface area contributed by atoms with Crippen molar-refractivity contribution in [3.8, 4) is 0 Å². The van der Waals surface area contributed by atoms with Crippen molar-refractivity contribution >= 4 is 29.1 Å². The van der Waals surface area contributed by atoms with Crippen molar-refractivity contribution in [1.29, 1.82) is 0 Å². The minimum atomic E-state index is -5.78. The molecule has 0 aromatic rings. The van der Waals surface area contributed by atoms with Gasteiger partial charge in [-0.05, 0) is 36.0 Å². The number of fused-ring (bicyclic) bond motifs is 7. The van der Waals surface area contributed by atoms with E-state index in [9.17, 15) is 147 Å². The molecule has 0 aromatic heterocycles. The van der Waals surface area contributed by atoms with Crippen LogP contribution in [0.25, 0.3) is 0 Å². The zero-order valence-corrected chi connectivity index (χ0v) is 32.3. The summed E-state index contributed by atoms with van der Waals surface area (Å²) in [5, 5.41) is 254. The monoisotopic (exact) mass is 940 g/mol. The Hall–Kier alpha value is -2.89. The molecule has 0 amide bonds. The number of esters is 1. The summed E-state index contributed by atoms with van der Waals surface area (Å²) >= 11 is 0. The van der Waals surface area contributed by atoms with Gasteiger partial charge in [0.05, 0.1) is 12.0 Å². The molecule has 1 aliphatic heterocycles. The van der Waals surface area contributed by atoms with Crippen molar-refractivity contribution < 1.29 is 161 Å². The van der Waals surface area contributed by atoms with E-state index in [0.717, 1.165) is 6.92 Å². The van der Waals surface area contributed by atoms with Crippen LogP contribution in [-0.4, -0.2) is 239 Å². The van der Waals surface area contributed by atoms with E-state index in [0.29, 0.717) is 6.92 Å². The van der Waals surface area contributed by atoms with E-state index in [-0.39, 0.29) is 0 Å². The van der Waals surface area contributed by atoms with Crippen LogP contribution < -0.4 is 0 Å². The predicted molar refractivity (Wildman–Crippen MR) is 173 cm³/mol. The number of Topliss-reactive ketones (excluding diaryl/α,β-unsaturated/α-hetero) is 4. The molecule has 10 unspecified atom stereocenters. The van der Waals surface area contributed by atoms with E-state index in [1.807, 2.05) is 0 Å². The number of ether oxygens (including phenoxy) is 3. The van der Waals surface area contributed by atoms with Crippen molar-refractivity contribution in [3.05, 3.63) is 0 Å². The number of carbonyl (C=O) groups is 5. The Morgan fingerprint density at radius 1 is 0.688 bits per heavy atom. The van der Waals surface area contributed by atoms with E-state index in [2.05, 4.69) is 4.74 Å². The highest BCUT2D eigenvalue weighted by Crippen LogP contribution is 2.73. The molecule has 6 aliphatic rings. The summed E-state index contributed by atoms with van der Waals surface area (Å²) in [6, 6.07) is 0. The van der Waals surface area contributed by atoms with Crippen molar-refractivity contribution in [1.82, 2.24) is 0 Å². The summed E-state index contributed by atoms with van der Waals surface area (Å²) < 4.78 is 14.3. The van der Waals surface area contributed by atoms with Crippen molar-refractivity contribution in [2.45, 2.75) is 127 Å². The van der Waals surface area contributed by atoms with Gasteiger partial charge in [0.1, 0.15) is 6.10 Å². The molecule has 6 fully saturated rings. The summed E-state index contributed by atoms with van der Waals surface area (Å²) in [5.41, 5.74) is -20.4. The Balaban J connectivity index is 1.59.